The topological polar surface area (TPSA) is 117 Å². The van der Waals surface area contributed by atoms with Crippen LogP contribution in [-0.4, -0.2) is 49.6 Å². The minimum Gasteiger partial charge on any atom is -0.477 e. The summed E-state index contributed by atoms with van der Waals surface area (Å²) in [5.41, 5.74) is 5.36. The van der Waals surface area contributed by atoms with Gasteiger partial charge in [0.05, 0.1) is 5.69 Å². The number of fused-ring (bicyclic) bond motifs is 3. The van der Waals surface area contributed by atoms with E-state index in [1.807, 2.05) is 30.5 Å². The highest BCUT2D eigenvalue weighted by atomic mass is 19.4. The molecule has 0 fully saturated rings. The van der Waals surface area contributed by atoms with Gasteiger partial charge < -0.3 is 15.5 Å². The van der Waals surface area contributed by atoms with Crippen LogP contribution < -0.4 is 5.32 Å². The summed E-state index contributed by atoms with van der Waals surface area (Å²) in [4.78, 5) is 24.9. The van der Waals surface area contributed by atoms with Gasteiger partial charge in [0.25, 0.3) is 0 Å². The van der Waals surface area contributed by atoms with E-state index in [2.05, 4.69) is 27.5 Å². The molecule has 0 bridgehead atoms. The molecule has 0 saturated heterocycles. The molecule has 0 aliphatic heterocycles. The molecule has 0 atom stereocenters. The number of halogens is 3. The van der Waals surface area contributed by atoms with E-state index in [0.717, 1.165) is 48.3 Å². The Bertz CT molecular complexity index is 1150. The maximum absolute atomic E-state index is 11.9. The number of alkyl halides is 3. The van der Waals surface area contributed by atoms with E-state index >= 15 is 0 Å². The molecular weight excluding hydrogens is 453 g/mol. The van der Waals surface area contributed by atoms with Crippen LogP contribution in [0.3, 0.4) is 0 Å². The molecule has 3 aromatic rings. The van der Waals surface area contributed by atoms with E-state index in [1.54, 1.807) is 10.9 Å². The van der Waals surface area contributed by atoms with Crippen LogP contribution in [0, 0.1) is 0 Å². The van der Waals surface area contributed by atoms with Crippen molar-refractivity contribution in [3.05, 3.63) is 71.2 Å². The highest BCUT2D eigenvalue weighted by Gasteiger charge is 2.38. The van der Waals surface area contributed by atoms with Crippen LogP contribution in [0.25, 0.3) is 11.3 Å². The van der Waals surface area contributed by atoms with E-state index in [0.29, 0.717) is 18.7 Å². The number of carboxylic acid groups (broad SMARTS) is 2. The molecule has 1 aliphatic carbocycles. The second-order valence-electron chi connectivity index (χ2n) is 7.56. The van der Waals surface area contributed by atoms with E-state index in [4.69, 9.17) is 9.90 Å². The fourth-order valence-electron chi connectivity index (χ4n) is 3.65. The van der Waals surface area contributed by atoms with Gasteiger partial charge in [0.15, 0.2) is 0 Å². The van der Waals surface area contributed by atoms with Gasteiger partial charge >= 0.3 is 18.1 Å². The molecule has 8 nitrogen and oxygen atoms in total. The van der Waals surface area contributed by atoms with E-state index < -0.39 is 18.1 Å². The van der Waals surface area contributed by atoms with Crippen molar-refractivity contribution in [2.45, 2.75) is 38.5 Å². The summed E-state index contributed by atoms with van der Waals surface area (Å²) in [5.74, 6) is -3.66. The Morgan fingerprint density at radius 3 is 2.44 bits per heavy atom. The molecule has 3 N–H and O–H groups in total. The first kappa shape index (κ1) is 24.9. The molecule has 1 aliphatic rings. The van der Waals surface area contributed by atoms with Gasteiger partial charge in [-0.2, -0.15) is 18.3 Å². The normalized spacial score (nSPS) is 12.2. The van der Waals surface area contributed by atoms with Crippen LogP contribution in [0.4, 0.5) is 13.2 Å². The van der Waals surface area contributed by atoms with Gasteiger partial charge in [0.1, 0.15) is 5.69 Å². The zero-order chi connectivity index (χ0) is 24.7. The van der Waals surface area contributed by atoms with Gasteiger partial charge in [-0.25, -0.2) is 9.59 Å². The summed E-state index contributed by atoms with van der Waals surface area (Å²) in [5, 5.41) is 24.9. The number of hydrogen-bond donors (Lipinski definition) is 3. The number of nitrogens with zero attached hydrogens (tertiary/aromatic N) is 3. The Kier molecular flexibility index (Phi) is 8.00. The van der Waals surface area contributed by atoms with Gasteiger partial charge in [-0.05, 0) is 43.0 Å². The van der Waals surface area contributed by atoms with Crippen LogP contribution in [0.15, 0.2) is 48.8 Å². The first-order chi connectivity index (χ1) is 16.2. The summed E-state index contributed by atoms with van der Waals surface area (Å²) in [6, 6.07) is 12.2. The number of nitrogens with one attached hydrogen (secondary N) is 1. The average molecular weight is 476 g/mol. The maximum Gasteiger partial charge on any atom is 0.490 e. The number of aliphatic carboxylic acids is 1. The lowest BCUT2D eigenvalue weighted by molar-refractivity contribution is -0.192. The second kappa shape index (κ2) is 10.9. The zero-order valence-electron chi connectivity index (χ0n) is 18.0. The number of aryl methyl sites for hydroxylation is 2. The number of carbonyl (C=O) groups is 2. The third kappa shape index (κ3) is 6.19. The summed E-state index contributed by atoms with van der Waals surface area (Å²) >= 11 is 0. The number of aromatic carboxylic acids is 1. The lowest BCUT2D eigenvalue weighted by Crippen LogP contribution is -2.21. The quantitative estimate of drug-likeness (QED) is 0.447. The zero-order valence-corrected chi connectivity index (χ0v) is 18.0. The molecule has 0 spiro atoms. The number of pyridine rings is 1. The molecular formula is C23H23F3N4O4. The first-order valence-electron chi connectivity index (χ1n) is 10.5. The van der Waals surface area contributed by atoms with E-state index in [9.17, 15) is 23.1 Å². The van der Waals surface area contributed by atoms with Crippen molar-refractivity contribution in [1.82, 2.24) is 20.1 Å². The first-order valence-corrected chi connectivity index (χ1v) is 10.5. The van der Waals surface area contributed by atoms with Crippen molar-refractivity contribution in [2.24, 2.45) is 0 Å². The number of rotatable bonds is 7. The molecule has 34 heavy (non-hydrogen) atoms. The Morgan fingerprint density at radius 1 is 1.09 bits per heavy atom. The van der Waals surface area contributed by atoms with Crippen molar-refractivity contribution < 1.29 is 33.0 Å². The van der Waals surface area contributed by atoms with Crippen LogP contribution in [0.2, 0.25) is 0 Å². The maximum atomic E-state index is 11.9. The SMILES string of the molecule is O=C(O)C(F)(F)F.O=C(O)c1c2c(nn1CCCNCc1ccccc1)-c1ccncc1CC2. The summed E-state index contributed by atoms with van der Waals surface area (Å²) in [7, 11) is 0. The molecule has 2 aromatic heterocycles. The standard InChI is InChI=1S/C21H22N4O2.C2HF3O2/c26-21(27)20-18-8-7-16-14-23-11-9-17(16)19(18)24-25(20)12-4-10-22-13-15-5-2-1-3-6-15;3-2(4,5)1(6)7/h1-3,5-6,9,11,14,22H,4,7-8,10,12-13H2,(H,26,27);(H,6,7). The Morgan fingerprint density at radius 2 is 1.79 bits per heavy atom. The number of carboxylic acids is 2. The molecule has 11 heteroatoms. The lowest BCUT2D eigenvalue weighted by atomic mass is 9.90. The van der Waals surface area contributed by atoms with Crippen LogP contribution >= 0.6 is 0 Å². The Hall–Kier alpha value is -3.73. The van der Waals surface area contributed by atoms with Crippen molar-refractivity contribution in [1.29, 1.82) is 0 Å². The fourth-order valence-corrected chi connectivity index (χ4v) is 3.65. The van der Waals surface area contributed by atoms with Crippen molar-refractivity contribution in [3.63, 3.8) is 0 Å². The fraction of sp³-hybridized carbons (Fsp3) is 0.304. The number of benzene rings is 1. The van der Waals surface area contributed by atoms with Crippen molar-refractivity contribution in [3.8, 4) is 11.3 Å². The summed E-state index contributed by atoms with van der Waals surface area (Å²) in [6.45, 7) is 2.19. The number of aromatic nitrogens is 3. The minimum absolute atomic E-state index is 0.329. The lowest BCUT2D eigenvalue weighted by Gasteiger charge is -2.14. The Balaban J connectivity index is 0.000000406. The smallest absolute Gasteiger partial charge is 0.477 e. The molecule has 0 radical (unpaired) electrons. The van der Waals surface area contributed by atoms with Gasteiger partial charge in [0.2, 0.25) is 0 Å². The van der Waals surface area contributed by atoms with Crippen LogP contribution in [0.5, 0.6) is 0 Å². The van der Waals surface area contributed by atoms with E-state index in [1.165, 1.54) is 5.56 Å². The second-order valence-corrected chi connectivity index (χ2v) is 7.56. The van der Waals surface area contributed by atoms with Crippen LogP contribution in [-0.2, 0) is 30.7 Å². The monoisotopic (exact) mass is 476 g/mol. The highest BCUT2D eigenvalue weighted by Crippen LogP contribution is 2.34. The van der Waals surface area contributed by atoms with Gasteiger partial charge in [-0.15, -0.1) is 0 Å². The summed E-state index contributed by atoms with van der Waals surface area (Å²) in [6.07, 6.45) is 0.825. The number of hydrogen-bond acceptors (Lipinski definition) is 5. The minimum atomic E-state index is -5.08. The molecule has 180 valence electrons. The molecule has 0 amide bonds. The van der Waals surface area contributed by atoms with Crippen molar-refractivity contribution in [2.75, 3.05) is 6.54 Å². The highest BCUT2D eigenvalue weighted by molar-refractivity contribution is 5.90. The predicted octanol–water partition coefficient (Wildman–Crippen LogP) is 3.56. The van der Waals surface area contributed by atoms with E-state index in [-0.39, 0.29) is 0 Å². The van der Waals surface area contributed by atoms with Crippen LogP contribution in [0.1, 0.15) is 33.6 Å². The summed E-state index contributed by atoms with van der Waals surface area (Å²) < 4.78 is 33.4. The van der Waals surface area contributed by atoms with Gasteiger partial charge in [0, 0.05) is 36.6 Å². The largest absolute Gasteiger partial charge is 0.490 e. The van der Waals surface area contributed by atoms with Gasteiger partial charge in [-0.3, -0.25) is 9.67 Å². The molecule has 2 heterocycles. The third-order valence-corrected chi connectivity index (χ3v) is 5.19. The molecule has 1 aromatic carbocycles. The Labute approximate surface area is 193 Å². The third-order valence-electron chi connectivity index (χ3n) is 5.19. The molecule has 0 saturated carbocycles. The molecule has 0 unspecified atom stereocenters. The average Bonchev–Trinajstić information content (AvgIpc) is 3.18. The van der Waals surface area contributed by atoms with Crippen molar-refractivity contribution >= 4 is 11.9 Å². The predicted molar refractivity (Wildman–Crippen MR) is 116 cm³/mol. The molecule has 4 rings (SSSR count). The van der Waals surface area contributed by atoms with Gasteiger partial charge in [-0.1, -0.05) is 30.3 Å².